The van der Waals surface area contributed by atoms with Crippen LogP contribution in [0.15, 0.2) is 27.9 Å². The van der Waals surface area contributed by atoms with Crippen molar-refractivity contribution in [1.29, 1.82) is 0 Å². The monoisotopic (exact) mass is 740 g/mol. The van der Waals surface area contributed by atoms with Crippen LogP contribution in [0.5, 0.6) is 5.75 Å². The van der Waals surface area contributed by atoms with Crippen LogP contribution in [0.3, 0.4) is 0 Å². The van der Waals surface area contributed by atoms with Gasteiger partial charge in [-0.25, -0.2) is 4.79 Å². The molecule has 0 radical (unpaired) electrons. The minimum absolute atomic E-state index is 0.00373. The number of esters is 1. The Morgan fingerprint density at radius 3 is 1.92 bits per heavy atom. The average molecular weight is 741 g/mol. The van der Waals surface area contributed by atoms with Crippen LogP contribution in [0.2, 0.25) is 0 Å². The predicted octanol–water partition coefficient (Wildman–Crippen LogP) is 7.82. The quantitative estimate of drug-likeness (QED) is 0.0796. The molecule has 0 aliphatic carbocycles. The number of hydrogen-bond donors (Lipinski definition) is 1. The fourth-order valence-electron chi connectivity index (χ4n) is 6.81. The summed E-state index contributed by atoms with van der Waals surface area (Å²) in [5.74, 6) is -1.04. The van der Waals surface area contributed by atoms with E-state index in [1.165, 1.54) is 104 Å². The summed E-state index contributed by atoms with van der Waals surface area (Å²) in [6.07, 6.45) is 19.0. The standard InChI is InChI=1S/C42H64N2O9/c1-6-7-8-9-10-11-12-13-14-15-16-17-18-19-20-21-24-51-35-26-34(25-30(2)33(35)5)41(49)44-40(48)31(3)28-43(42(44)50)38-27-36(37(29-45)52-38)53-39(47)23-22-32(4)46/h25-26,28,36-38,45H,6-24,27,29H2,1-5H3/t36?,37-,38-/m1/s1. The highest BCUT2D eigenvalue weighted by Gasteiger charge is 2.39. The largest absolute Gasteiger partial charge is 0.493 e. The van der Waals surface area contributed by atoms with Gasteiger partial charge < -0.3 is 24.1 Å². The number of Topliss-reactive ketones (excluding diaryl/α,β-unsaturated/α-hetero) is 1. The molecule has 0 spiro atoms. The third-order valence-electron chi connectivity index (χ3n) is 10.2. The molecule has 3 atom stereocenters. The van der Waals surface area contributed by atoms with E-state index < -0.39 is 48.2 Å². The lowest BCUT2D eigenvalue weighted by Crippen LogP contribution is -2.45. The number of aromatic nitrogens is 2. The van der Waals surface area contributed by atoms with E-state index in [9.17, 15) is 29.1 Å². The summed E-state index contributed by atoms with van der Waals surface area (Å²) in [6, 6.07) is 3.22. The van der Waals surface area contributed by atoms with Crippen LogP contribution in [0.25, 0.3) is 0 Å². The first kappa shape index (κ1) is 43.8. The first-order valence-corrected chi connectivity index (χ1v) is 20.1. The lowest BCUT2D eigenvalue weighted by Gasteiger charge is -2.17. The van der Waals surface area contributed by atoms with Crippen LogP contribution in [0, 0.1) is 20.8 Å². The Bertz CT molecular complexity index is 1590. The van der Waals surface area contributed by atoms with E-state index in [0.29, 0.717) is 16.9 Å². The number of ketones is 1. The number of nitrogens with zero attached hydrogens (tertiary/aromatic N) is 2. The molecule has 2 heterocycles. The lowest BCUT2D eigenvalue weighted by molar-refractivity contribution is -0.153. The Labute approximate surface area is 315 Å². The van der Waals surface area contributed by atoms with Gasteiger partial charge in [-0.2, -0.15) is 4.57 Å². The fraction of sp³-hybridized carbons (Fsp3) is 0.690. The van der Waals surface area contributed by atoms with Gasteiger partial charge in [0.15, 0.2) is 0 Å². The molecule has 0 amide bonds. The van der Waals surface area contributed by atoms with E-state index in [1.807, 2.05) is 13.8 Å². The van der Waals surface area contributed by atoms with Gasteiger partial charge in [-0.1, -0.05) is 103 Å². The van der Waals surface area contributed by atoms with Crippen molar-refractivity contribution in [1.82, 2.24) is 9.13 Å². The van der Waals surface area contributed by atoms with Crippen LogP contribution >= 0.6 is 0 Å². The fourth-order valence-corrected chi connectivity index (χ4v) is 6.81. The number of rotatable bonds is 25. The molecule has 11 nitrogen and oxygen atoms in total. The van der Waals surface area contributed by atoms with Crippen LogP contribution in [0.1, 0.15) is 169 Å². The molecule has 1 aliphatic rings. The van der Waals surface area contributed by atoms with Crippen LogP contribution in [0.4, 0.5) is 0 Å². The molecule has 3 rings (SSSR count). The molecule has 11 heteroatoms. The molecule has 1 aromatic carbocycles. The van der Waals surface area contributed by atoms with Gasteiger partial charge in [-0.3, -0.25) is 19.0 Å². The third kappa shape index (κ3) is 14.0. The number of benzene rings is 1. The molecule has 1 aliphatic heterocycles. The molecular formula is C42H64N2O9. The van der Waals surface area contributed by atoms with Gasteiger partial charge in [0, 0.05) is 30.2 Å². The van der Waals surface area contributed by atoms with Gasteiger partial charge in [0.2, 0.25) is 0 Å². The first-order valence-electron chi connectivity index (χ1n) is 20.1. The molecule has 296 valence electrons. The number of ether oxygens (including phenoxy) is 3. The van der Waals surface area contributed by atoms with E-state index >= 15 is 0 Å². The number of carbonyl (C=O) groups excluding carboxylic acids is 3. The van der Waals surface area contributed by atoms with Gasteiger partial charge in [0.1, 0.15) is 30.0 Å². The maximum atomic E-state index is 13.8. The summed E-state index contributed by atoms with van der Waals surface area (Å²) in [6.45, 7) is 8.90. The minimum atomic E-state index is -1.01. The number of unbranched alkanes of at least 4 members (excludes halogenated alkanes) is 15. The Hall–Kier alpha value is -3.57. The topological polar surface area (TPSA) is 143 Å². The Balaban J connectivity index is 1.53. The molecule has 1 N–H and O–H groups in total. The van der Waals surface area contributed by atoms with Crippen LogP contribution in [-0.2, 0) is 19.1 Å². The van der Waals surface area contributed by atoms with E-state index in [1.54, 1.807) is 12.1 Å². The van der Waals surface area contributed by atoms with Crippen molar-refractivity contribution in [2.45, 2.75) is 175 Å². The molecule has 1 aromatic heterocycles. The summed E-state index contributed by atoms with van der Waals surface area (Å²) in [5, 5.41) is 9.88. The van der Waals surface area contributed by atoms with Crippen LogP contribution < -0.4 is 16.0 Å². The zero-order chi connectivity index (χ0) is 38.8. The Morgan fingerprint density at radius 2 is 1.38 bits per heavy atom. The number of aryl methyl sites for hydroxylation is 2. The molecule has 1 fully saturated rings. The van der Waals surface area contributed by atoms with Crippen molar-refractivity contribution >= 4 is 17.7 Å². The van der Waals surface area contributed by atoms with Crippen molar-refractivity contribution < 1.29 is 33.7 Å². The number of aliphatic hydroxyl groups is 1. The number of aliphatic hydroxyl groups excluding tert-OH is 1. The van der Waals surface area contributed by atoms with E-state index in [4.69, 9.17) is 14.2 Å². The summed E-state index contributed by atoms with van der Waals surface area (Å²) in [4.78, 5) is 64.3. The lowest BCUT2D eigenvalue weighted by atomic mass is 10.0. The number of hydrogen-bond acceptors (Lipinski definition) is 9. The maximum Gasteiger partial charge on any atom is 0.340 e. The summed E-state index contributed by atoms with van der Waals surface area (Å²) >= 11 is 0. The highest BCUT2D eigenvalue weighted by Crippen LogP contribution is 2.30. The van der Waals surface area contributed by atoms with Gasteiger partial charge in [-0.15, -0.1) is 0 Å². The molecule has 1 unspecified atom stereocenters. The van der Waals surface area contributed by atoms with Gasteiger partial charge in [0.25, 0.3) is 11.5 Å². The predicted molar refractivity (Wildman–Crippen MR) is 206 cm³/mol. The summed E-state index contributed by atoms with van der Waals surface area (Å²) in [5.41, 5.74) is 0.277. The summed E-state index contributed by atoms with van der Waals surface area (Å²) in [7, 11) is 0. The van der Waals surface area contributed by atoms with E-state index in [2.05, 4.69) is 6.92 Å². The molecule has 1 saturated heterocycles. The first-order chi connectivity index (χ1) is 25.5. The third-order valence-corrected chi connectivity index (χ3v) is 10.2. The second kappa shape index (κ2) is 23.3. The van der Waals surface area contributed by atoms with E-state index in [-0.39, 0.29) is 36.2 Å². The van der Waals surface area contributed by atoms with Gasteiger partial charge in [-0.05, 0) is 57.4 Å². The Morgan fingerprint density at radius 1 is 0.811 bits per heavy atom. The van der Waals surface area contributed by atoms with E-state index in [0.717, 1.165) is 35.0 Å². The van der Waals surface area contributed by atoms with Crippen molar-refractivity contribution in [3.05, 3.63) is 61.4 Å². The SMILES string of the molecule is CCCCCCCCCCCCCCCCCCOc1cc(C(=O)n2c(=O)c(C)cn([C@H]3CC(OC(=O)CCC(C)=O)[C@@H](CO)O3)c2=O)cc(C)c1C. The molecule has 0 bridgehead atoms. The van der Waals surface area contributed by atoms with Gasteiger partial charge in [0.05, 0.1) is 19.6 Å². The number of carbonyl (C=O) groups is 3. The zero-order valence-electron chi connectivity index (χ0n) is 32.9. The minimum Gasteiger partial charge on any atom is -0.493 e. The van der Waals surface area contributed by atoms with Crippen molar-refractivity contribution in [3.8, 4) is 5.75 Å². The van der Waals surface area contributed by atoms with Gasteiger partial charge >= 0.3 is 11.7 Å². The molecular weight excluding hydrogens is 676 g/mol. The smallest absolute Gasteiger partial charge is 0.340 e. The zero-order valence-corrected chi connectivity index (χ0v) is 32.9. The second-order valence-electron chi connectivity index (χ2n) is 14.8. The van der Waals surface area contributed by atoms with Crippen molar-refractivity contribution in [2.75, 3.05) is 13.2 Å². The van der Waals surface area contributed by atoms with Crippen LogP contribution in [-0.4, -0.2) is 57.3 Å². The summed E-state index contributed by atoms with van der Waals surface area (Å²) < 4.78 is 19.1. The normalized spacial score (nSPS) is 16.9. The highest BCUT2D eigenvalue weighted by molar-refractivity contribution is 5.96. The molecule has 0 saturated carbocycles. The van der Waals surface area contributed by atoms with Crippen molar-refractivity contribution in [2.24, 2.45) is 0 Å². The highest BCUT2D eigenvalue weighted by atomic mass is 16.6. The maximum absolute atomic E-state index is 13.8. The second-order valence-corrected chi connectivity index (χ2v) is 14.8. The molecule has 2 aromatic rings. The molecule has 53 heavy (non-hydrogen) atoms. The Kier molecular flexibility index (Phi) is 19.2. The average Bonchev–Trinajstić information content (AvgIpc) is 3.53. The van der Waals surface area contributed by atoms with Crippen molar-refractivity contribution in [3.63, 3.8) is 0 Å².